The van der Waals surface area contributed by atoms with Gasteiger partial charge in [0.1, 0.15) is 0 Å². The summed E-state index contributed by atoms with van der Waals surface area (Å²) in [6.45, 7) is 6.58. The maximum absolute atomic E-state index is 13.3. The monoisotopic (exact) mass is 310 g/mol. The molecule has 0 amide bonds. The van der Waals surface area contributed by atoms with Gasteiger partial charge in [0.2, 0.25) is 0 Å². The average Bonchev–Trinajstić information content (AvgIpc) is 2.49. The predicted octanol–water partition coefficient (Wildman–Crippen LogP) is 6.01. The third kappa shape index (κ3) is 3.42. The summed E-state index contributed by atoms with van der Waals surface area (Å²) in [6, 6.07) is 16.9. The highest BCUT2D eigenvalue weighted by molar-refractivity contribution is 5.84. The molecular formula is C21H20F2. The lowest BCUT2D eigenvalue weighted by molar-refractivity contribution is 0.507. The molecule has 2 heteroatoms. The summed E-state index contributed by atoms with van der Waals surface area (Å²) in [5, 5.41) is 2.37. The zero-order chi connectivity index (χ0) is 16.6. The highest BCUT2D eigenvalue weighted by Crippen LogP contribution is 2.27. The van der Waals surface area contributed by atoms with E-state index in [9.17, 15) is 8.78 Å². The molecule has 0 saturated carbocycles. The smallest absolute Gasteiger partial charge is 0.159 e. The van der Waals surface area contributed by atoms with Crippen molar-refractivity contribution in [1.29, 1.82) is 0 Å². The predicted molar refractivity (Wildman–Crippen MR) is 91.8 cm³/mol. The number of hydrogen-bond acceptors (Lipinski definition) is 0. The fourth-order valence-corrected chi connectivity index (χ4v) is 2.76. The Morgan fingerprint density at radius 1 is 0.696 bits per heavy atom. The molecule has 0 heterocycles. The van der Waals surface area contributed by atoms with Crippen LogP contribution in [0.2, 0.25) is 0 Å². The maximum Gasteiger partial charge on any atom is 0.159 e. The molecule has 0 radical (unpaired) electrons. The third-order valence-electron chi connectivity index (χ3n) is 4.16. The fraction of sp³-hybridized carbons (Fsp3) is 0.238. The number of hydrogen-bond donors (Lipinski definition) is 0. The number of halogens is 2. The molecular weight excluding hydrogens is 290 g/mol. The lowest BCUT2D eigenvalue weighted by Crippen LogP contribution is -2.10. The van der Waals surface area contributed by atoms with Crippen LogP contribution in [0.1, 0.15) is 37.5 Å². The van der Waals surface area contributed by atoms with Crippen LogP contribution in [0.3, 0.4) is 0 Å². The summed E-state index contributed by atoms with van der Waals surface area (Å²) in [7, 11) is 0. The Labute approximate surface area is 135 Å². The van der Waals surface area contributed by atoms with Gasteiger partial charge in [-0.15, -0.1) is 0 Å². The Morgan fingerprint density at radius 2 is 1.35 bits per heavy atom. The van der Waals surface area contributed by atoms with Crippen molar-refractivity contribution >= 4 is 10.8 Å². The van der Waals surface area contributed by atoms with Gasteiger partial charge in [-0.25, -0.2) is 8.78 Å². The van der Waals surface area contributed by atoms with E-state index in [0.29, 0.717) is 6.42 Å². The molecule has 0 unspecified atom stereocenters. The summed E-state index contributed by atoms with van der Waals surface area (Å²) in [5.41, 5.74) is 3.25. The number of rotatable bonds is 2. The third-order valence-corrected chi connectivity index (χ3v) is 4.16. The Hall–Kier alpha value is -2.22. The van der Waals surface area contributed by atoms with Crippen molar-refractivity contribution in [3.8, 4) is 0 Å². The van der Waals surface area contributed by atoms with Gasteiger partial charge in [0.15, 0.2) is 11.6 Å². The van der Waals surface area contributed by atoms with Gasteiger partial charge in [0, 0.05) is 0 Å². The molecule has 0 nitrogen and oxygen atoms in total. The van der Waals surface area contributed by atoms with Crippen LogP contribution in [0.4, 0.5) is 8.78 Å². The first kappa shape index (κ1) is 15.7. The van der Waals surface area contributed by atoms with E-state index in [-0.39, 0.29) is 5.41 Å². The van der Waals surface area contributed by atoms with Gasteiger partial charge in [-0.2, -0.15) is 0 Å². The highest BCUT2D eigenvalue weighted by Gasteiger charge is 2.13. The summed E-state index contributed by atoms with van der Waals surface area (Å²) in [6.07, 6.45) is 0.590. The van der Waals surface area contributed by atoms with Crippen molar-refractivity contribution in [2.24, 2.45) is 0 Å². The fourth-order valence-electron chi connectivity index (χ4n) is 2.76. The molecule has 3 aromatic rings. The molecule has 0 aliphatic carbocycles. The zero-order valence-electron chi connectivity index (χ0n) is 13.7. The van der Waals surface area contributed by atoms with Gasteiger partial charge in [0.05, 0.1) is 0 Å². The molecule has 0 atom stereocenters. The number of benzene rings is 3. The first-order valence-electron chi connectivity index (χ1n) is 7.80. The number of fused-ring (bicyclic) bond motifs is 1. The Kier molecular flexibility index (Phi) is 3.93. The molecule has 0 aromatic heterocycles. The minimum absolute atomic E-state index is 0.101. The lowest BCUT2D eigenvalue weighted by atomic mass is 9.85. The molecule has 3 aromatic carbocycles. The molecule has 0 aliphatic rings. The second-order valence-electron chi connectivity index (χ2n) is 7.07. The van der Waals surface area contributed by atoms with Crippen molar-refractivity contribution < 1.29 is 8.78 Å². The molecule has 3 rings (SSSR count). The van der Waals surface area contributed by atoms with E-state index in [4.69, 9.17) is 0 Å². The van der Waals surface area contributed by atoms with E-state index in [0.717, 1.165) is 11.1 Å². The Balaban J connectivity index is 1.96. The second-order valence-corrected chi connectivity index (χ2v) is 7.07. The van der Waals surface area contributed by atoms with Gasteiger partial charge in [-0.05, 0) is 51.4 Å². The summed E-state index contributed by atoms with van der Waals surface area (Å²) < 4.78 is 26.4. The van der Waals surface area contributed by atoms with Crippen LogP contribution in [-0.2, 0) is 11.8 Å². The molecule has 0 bridgehead atoms. The van der Waals surface area contributed by atoms with Crippen LogP contribution in [0, 0.1) is 11.6 Å². The van der Waals surface area contributed by atoms with Gasteiger partial charge >= 0.3 is 0 Å². The summed E-state index contributed by atoms with van der Waals surface area (Å²) >= 11 is 0. The van der Waals surface area contributed by atoms with Crippen LogP contribution in [0.5, 0.6) is 0 Å². The van der Waals surface area contributed by atoms with Gasteiger partial charge in [-0.1, -0.05) is 63.2 Å². The van der Waals surface area contributed by atoms with Crippen molar-refractivity contribution in [1.82, 2.24) is 0 Å². The van der Waals surface area contributed by atoms with Crippen molar-refractivity contribution in [3.63, 3.8) is 0 Å². The normalized spacial score (nSPS) is 11.9. The minimum Gasteiger partial charge on any atom is -0.204 e. The molecule has 0 saturated heterocycles. The summed E-state index contributed by atoms with van der Waals surface area (Å²) in [4.78, 5) is 0. The van der Waals surface area contributed by atoms with E-state index >= 15 is 0 Å². The van der Waals surface area contributed by atoms with E-state index < -0.39 is 11.6 Å². The molecule has 0 fully saturated rings. The molecule has 118 valence electrons. The van der Waals surface area contributed by atoms with Gasteiger partial charge in [0.25, 0.3) is 0 Å². The first-order chi connectivity index (χ1) is 10.8. The highest BCUT2D eigenvalue weighted by atomic mass is 19.2. The van der Waals surface area contributed by atoms with E-state index in [1.54, 1.807) is 6.07 Å². The SMILES string of the molecule is CC(C)(C)c1ccc2ccc(Cc3ccc(F)c(F)c3)cc2c1. The molecule has 0 spiro atoms. The topological polar surface area (TPSA) is 0 Å². The van der Waals surface area contributed by atoms with Crippen LogP contribution in [0.15, 0.2) is 54.6 Å². The van der Waals surface area contributed by atoms with Gasteiger partial charge < -0.3 is 0 Å². The lowest BCUT2D eigenvalue weighted by Gasteiger charge is -2.19. The maximum atomic E-state index is 13.3. The van der Waals surface area contributed by atoms with Crippen molar-refractivity contribution in [2.75, 3.05) is 0 Å². The average molecular weight is 310 g/mol. The van der Waals surface area contributed by atoms with Crippen molar-refractivity contribution in [2.45, 2.75) is 32.6 Å². The van der Waals surface area contributed by atoms with Gasteiger partial charge in [-0.3, -0.25) is 0 Å². The van der Waals surface area contributed by atoms with Crippen LogP contribution < -0.4 is 0 Å². The molecule has 0 aliphatic heterocycles. The van der Waals surface area contributed by atoms with Crippen LogP contribution in [0.25, 0.3) is 10.8 Å². The first-order valence-corrected chi connectivity index (χ1v) is 7.80. The summed E-state index contributed by atoms with van der Waals surface area (Å²) in [5.74, 6) is -1.60. The molecule has 23 heavy (non-hydrogen) atoms. The quantitative estimate of drug-likeness (QED) is 0.544. The van der Waals surface area contributed by atoms with E-state index in [1.165, 1.54) is 28.5 Å². The largest absolute Gasteiger partial charge is 0.204 e. The standard InChI is InChI=1S/C21H20F2/c1-21(2,3)18-8-7-16-6-4-14(11-17(16)13-18)10-15-5-9-19(22)20(23)12-15/h4-9,11-13H,10H2,1-3H3. The van der Waals surface area contributed by atoms with E-state index in [1.807, 2.05) is 6.07 Å². The second kappa shape index (κ2) is 5.77. The van der Waals surface area contributed by atoms with Crippen molar-refractivity contribution in [3.05, 3.63) is 82.9 Å². The van der Waals surface area contributed by atoms with Crippen LogP contribution in [-0.4, -0.2) is 0 Å². The Morgan fingerprint density at radius 3 is 2.04 bits per heavy atom. The minimum atomic E-state index is -0.804. The van der Waals surface area contributed by atoms with Crippen LogP contribution >= 0.6 is 0 Å². The Bertz CT molecular complexity index is 857. The molecule has 0 N–H and O–H groups in total. The van der Waals surface area contributed by atoms with E-state index in [2.05, 4.69) is 51.1 Å². The zero-order valence-corrected chi connectivity index (χ0v) is 13.7.